The Morgan fingerprint density at radius 3 is 1.86 bits per heavy atom. The van der Waals surface area contributed by atoms with Gasteiger partial charge in [0.05, 0.1) is 26.1 Å². The van der Waals surface area contributed by atoms with Crippen LogP contribution in [0.5, 0.6) is 0 Å². The number of benzene rings is 8. The average Bonchev–Trinajstić information content (AvgIpc) is 4.04. The lowest BCUT2D eigenvalue weighted by molar-refractivity contribution is 0.668. The van der Waals surface area contributed by atoms with Crippen molar-refractivity contribution in [3.05, 3.63) is 182 Å². The van der Waals surface area contributed by atoms with Gasteiger partial charge >= 0.3 is 0 Å². The quantitative estimate of drug-likeness (QED) is 0.176. The molecule has 57 heavy (non-hydrogen) atoms. The van der Waals surface area contributed by atoms with E-state index in [0.717, 1.165) is 27.5 Å². The lowest BCUT2D eigenvalue weighted by Gasteiger charge is -2.08. The molecule has 0 bridgehead atoms. The van der Waals surface area contributed by atoms with E-state index < -0.39 is 48.3 Å². The second-order valence-corrected chi connectivity index (χ2v) is 13.6. The van der Waals surface area contributed by atoms with Gasteiger partial charge in [-0.15, -0.1) is 0 Å². The summed E-state index contributed by atoms with van der Waals surface area (Å²) in [4.78, 5) is 14.6. The van der Waals surface area contributed by atoms with Gasteiger partial charge in [0.25, 0.3) is 0 Å². The van der Waals surface area contributed by atoms with Gasteiger partial charge in [-0.2, -0.15) is 0 Å². The standard InChI is InChI=1S/C51H30N4O2/c1-3-12-31(13-4-1)36-18-11-21-44-48(36)41-26-23-34(29-46(41)56-44)51-53-49(32-14-5-2-6-15-32)52-50(54-51)33-22-25-39-40-27-24-35(30-47(40)57-45(39)28-33)55-42-19-9-7-16-37(42)38-17-8-10-20-43(38)55/h1-30H/i7D,8D,9D,10D,16D,17D,19D,22D,24D,25D,27D. The summed E-state index contributed by atoms with van der Waals surface area (Å²) in [5.74, 6) is 0.660. The molecular formula is C51H30N4O2. The van der Waals surface area contributed by atoms with Gasteiger partial charge in [0.1, 0.15) is 22.3 Å². The highest BCUT2D eigenvalue weighted by molar-refractivity contribution is 6.13. The van der Waals surface area contributed by atoms with Crippen LogP contribution in [-0.4, -0.2) is 19.5 Å². The largest absolute Gasteiger partial charge is 0.456 e. The first-order valence-electron chi connectivity index (χ1n) is 23.6. The molecule has 4 aromatic heterocycles. The minimum absolute atomic E-state index is 0.0122. The molecule has 0 aliphatic rings. The highest BCUT2D eigenvalue weighted by Crippen LogP contribution is 2.39. The molecule has 0 aliphatic heterocycles. The number of rotatable bonds is 5. The van der Waals surface area contributed by atoms with Gasteiger partial charge in [0.2, 0.25) is 0 Å². The lowest BCUT2D eigenvalue weighted by Crippen LogP contribution is -2.00. The highest BCUT2D eigenvalue weighted by atomic mass is 16.3. The molecule has 0 spiro atoms. The zero-order valence-electron chi connectivity index (χ0n) is 40.6. The molecule has 12 aromatic rings. The minimum atomic E-state index is -0.573. The molecule has 0 unspecified atom stereocenters. The van der Waals surface area contributed by atoms with Crippen molar-refractivity contribution in [3.8, 4) is 51.0 Å². The molecule has 0 saturated carbocycles. The van der Waals surface area contributed by atoms with Crippen LogP contribution in [0.25, 0.3) is 117 Å². The molecule has 8 aromatic carbocycles. The van der Waals surface area contributed by atoms with Crippen LogP contribution in [0.4, 0.5) is 0 Å². The molecule has 0 N–H and O–H groups in total. The number of hydrogen-bond donors (Lipinski definition) is 0. The maximum atomic E-state index is 9.36. The Balaban J connectivity index is 1.06. The van der Waals surface area contributed by atoms with Crippen molar-refractivity contribution in [2.45, 2.75) is 0 Å². The van der Waals surface area contributed by atoms with Crippen LogP contribution in [0.1, 0.15) is 15.1 Å². The van der Waals surface area contributed by atoms with E-state index in [2.05, 4.69) is 18.2 Å². The fourth-order valence-corrected chi connectivity index (χ4v) is 7.64. The van der Waals surface area contributed by atoms with E-state index in [-0.39, 0.29) is 84.8 Å². The molecule has 0 radical (unpaired) electrons. The Morgan fingerprint density at radius 2 is 1.04 bits per heavy atom. The zero-order valence-corrected chi connectivity index (χ0v) is 29.6. The summed E-state index contributed by atoms with van der Waals surface area (Å²) in [6, 6.07) is 30.6. The van der Waals surface area contributed by atoms with Gasteiger partial charge in [-0.05, 0) is 65.6 Å². The summed E-state index contributed by atoms with van der Waals surface area (Å²) in [6.07, 6.45) is 0. The SMILES string of the molecule is [2H]c1cc2c(c([2H])c1[2H])c1c([2H])c([2H])c([2H])c([2H])c1n2-c1cc2oc3cc(-c4nc(-c5ccccc5)nc(-c5ccc6c(c5)oc5cccc(-c7ccccc7)c56)n4)c([2H])c([2H])c3c2c([2H])c1[2H]. The summed E-state index contributed by atoms with van der Waals surface area (Å²) in [6.45, 7) is 0. The second kappa shape index (κ2) is 12.3. The highest BCUT2D eigenvalue weighted by Gasteiger charge is 2.19. The first kappa shape index (κ1) is 22.5. The number of para-hydroxylation sites is 2. The molecule has 12 rings (SSSR count). The first-order chi connectivity index (χ1) is 32.8. The van der Waals surface area contributed by atoms with Gasteiger partial charge in [0.15, 0.2) is 17.5 Å². The van der Waals surface area contributed by atoms with Crippen LogP contribution in [0, 0.1) is 0 Å². The van der Waals surface area contributed by atoms with Crippen molar-refractivity contribution in [2.24, 2.45) is 0 Å². The van der Waals surface area contributed by atoms with Crippen LogP contribution in [0.2, 0.25) is 0 Å². The van der Waals surface area contributed by atoms with E-state index in [1.807, 2.05) is 78.9 Å². The zero-order chi connectivity index (χ0) is 47.0. The Morgan fingerprint density at radius 1 is 0.404 bits per heavy atom. The first-order valence-corrected chi connectivity index (χ1v) is 18.1. The van der Waals surface area contributed by atoms with Crippen LogP contribution in [0.15, 0.2) is 191 Å². The lowest BCUT2D eigenvalue weighted by atomic mass is 9.99. The van der Waals surface area contributed by atoms with Crippen LogP contribution < -0.4 is 0 Å². The van der Waals surface area contributed by atoms with Crippen LogP contribution >= 0.6 is 0 Å². The van der Waals surface area contributed by atoms with Gasteiger partial charge in [0, 0.05) is 60.8 Å². The molecule has 6 heteroatoms. The Kier molecular flexibility index (Phi) is 4.88. The van der Waals surface area contributed by atoms with E-state index >= 15 is 0 Å². The van der Waals surface area contributed by atoms with Crippen molar-refractivity contribution < 1.29 is 23.9 Å². The predicted molar refractivity (Wildman–Crippen MR) is 230 cm³/mol. The Bertz CT molecular complexity index is 4170. The predicted octanol–water partition coefficient (Wildman–Crippen LogP) is 13.4. The molecule has 0 saturated heterocycles. The number of fused-ring (bicyclic) bond motifs is 9. The summed E-state index contributed by atoms with van der Waals surface area (Å²) < 4.78 is 112. The van der Waals surface area contributed by atoms with Crippen molar-refractivity contribution in [1.82, 2.24) is 19.5 Å². The summed E-state index contributed by atoms with van der Waals surface area (Å²) >= 11 is 0. The molecule has 0 fully saturated rings. The van der Waals surface area contributed by atoms with Crippen molar-refractivity contribution in [1.29, 1.82) is 0 Å². The maximum absolute atomic E-state index is 9.36. The third kappa shape index (κ3) is 5.01. The van der Waals surface area contributed by atoms with E-state index in [4.69, 9.17) is 33.4 Å². The van der Waals surface area contributed by atoms with Crippen LogP contribution in [-0.2, 0) is 0 Å². The third-order valence-electron chi connectivity index (χ3n) is 10.2. The molecule has 0 atom stereocenters. The second-order valence-electron chi connectivity index (χ2n) is 13.6. The van der Waals surface area contributed by atoms with E-state index in [0.29, 0.717) is 22.5 Å². The van der Waals surface area contributed by atoms with Gasteiger partial charge < -0.3 is 13.4 Å². The molecule has 0 amide bonds. The monoisotopic (exact) mass is 741 g/mol. The Labute approximate surface area is 341 Å². The van der Waals surface area contributed by atoms with Crippen molar-refractivity contribution in [3.63, 3.8) is 0 Å². The molecule has 6 nitrogen and oxygen atoms in total. The molecule has 266 valence electrons. The third-order valence-corrected chi connectivity index (χ3v) is 10.2. The topological polar surface area (TPSA) is 69.9 Å². The summed E-state index contributed by atoms with van der Waals surface area (Å²) in [7, 11) is 0. The number of aromatic nitrogens is 4. The van der Waals surface area contributed by atoms with E-state index in [1.54, 1.807) is 0 Å². The summed E-state index contributed by atoms with van der Waals surface area (Å²) in [5, 5.41) is 1.94. The molecule has 4 heterocycles. The molecule has 0 aliphatic carbocycles. The van der Waals surface area contributed by atoms with Crippen molar-refractivity contribution >= 4 is 65.7 Å². The van der Waals surface area contributed by atoms with E-state index in [9.17, 15) is 5.48 Å². The molecular weight excluding hydrogens is 701 g/mol. The van der Waals surface area contributed by atoms with Gasteiger partial charge in [-0.25, -0.2) is 15.0 Å². The maximum Gasteiger partial charge on any atom is 0.164 e. The normalized spacial score (nSPS) is 14.6. The fraction of sp³-hybridized carbons (Fsp3) is 0. The Hall–Kier alpha value is -7.83. The van der Waals surface area contributed by atoms with Crippen LogP contribution in [0.3, 0.4) is 0 Å². The summed E-state index contributed by atoms with van der Waals surface area (Å²) in [5.41, 5.74) is 4.85. The van der Waals surface area contributed by atoms with Gasteiger partial charge in [-0.1, -0.05) is 121 Å². The minimum Gasteiger partial charge on any atom is -0.456 e. The smallest absolute Gasteiger partial charge is 0.164 e. The van der Waals surface area contributed by atoms with E-state index in [1.165, 1.54) is 22.8 Å². The number of hydrogen-bond acceptors (Lipinski definition) is 5. The van der Waals surface area contributed by atoms with Crippen molar-refractivity contribution in [2.75, 3.05) is 0 Å². The number of nitrogens with zero attached hydrogens (tertiary/aromatic N) is 4. The number of furan rings is 2. The average molecular weight is 742 g/mol. The van der Waals surface area contributed by atoms with Gasteiger partial charge in [-0.3, -0.25) is 0 Å². The fourth-order valence-electron chi connectivity index (χ4n) is 7.64.